The average Bonchev–Trinajstić information content (AvgIpc) is 2.43. The number of ether oxygens (including phenoxy) is 1. The number of hydrogen-bond acceptors (Lipinski definition) is 5. The molecule has 18 heavy (non-hydrogen) atoms. The van der Waals surface area contributed by atoms with Gasteiger partial charge in [0.15, 0.2) is 0 Å². The van der Waals surface area contributed by atoms with Gasteiger partial charge in [0, 0.05) is 13.7 Å². The number of rotatable bonds is 8. The van der Waals surface area contributed by atoms with Crippen molar-refractivity contribution in [2.45, 2.75) is 18.7 Å². The van der Waals surface area contributed by atoms with Crippen LogP contribution < -0.4 is 5.32 Å². The molecule has 1 aromatic carbocycles. The molecule has 4 N–H and O–H groups in total. The zero-order valence-electron chi connectivity index (χ0n) is 10.6. The minimum absolute atomic E-state index is 0.318. The van der Waals surface area contributed by atoms with E-state index in [4.69, 9.17) is 20.1 Å². The first-order valence-corrected chi connectivity index (χ1v) is 5.84. The number of nitrogens with one attached hydrogen (secondary N) is 1. The lowest BCUT2D eigenvalue weighted by Gasteiger charge is -2.28. The molecule has 0 aliphatic heterocycles. The summed E-state index contributed by atoms with van der Waals surface area (Å²) in [6, 6.07) is 7.80. The van der Waals surface area contributed by atoms with Gasteiger partial charge in [-0.15, -0.1) is 0 Å². The van der Waals surface area contributed by atoms with Gasteiger partial charge in [-0.05, 0) is 11.1 Å². The van der Waals surface area contributed by atoms with Crippen LogP contribution in [-0.2, 0) is 17.9 Å². The minimum atomic E-state index is -1.04. The Kier molecular flexibility index (Phi) is 6.24. The monoisotopic (exact) mass is 255 g/mol. The molecule has 0 unspecified atom stereocenters. The second kappa shape index (κ2) is 7.45. The number of aliphatic hydroxyl groups excluding tert-OH is 3. The fourth-order valence-corrected chi connectivity index (χ4v) is 1.53. The Balaban J connectivity index is 2.57. The molecule has 5 heteroatoms. The molecule has 1 rings (SSSR count). The molecule has 0 atom stereocenters. The third-order valence-corrected chi connectivity index (χ3v) is 2.91. The molecule has 0 spiro atoms. The lowest BCUT2D eigenvalue weighted by molar-refractivity contribution is 0.0414. The molecule has 0 aliphatic rings. The quantitative estimate of drug-likeness (QED) is 0.510. The molecule has 0 fully saturated rings. The van der Waals surface area contributed by atoms with Crippen molar-refractivity contribution in [3.05, 3.63) is 35.4 Å². The number of hydrogen-bond donors (Lipinski definition) is 4. The minimum Gasteiger partial charge on any atom is -0.394 e. The van der Waals surface area contributed by atoms with E-state index < -0.39 is 5.54 Å². The fourth-order valence-electron chi connectivity index (χ4n) is 1.53. The van der Waals surface area contributed by atoms with Crippen LogP contribution in [0.5, 0.6) is 0 Å². The van der Waals surface area contributed by atoms with Crippen LogP contribution in [-0.4, -0.2) is 47.8 Å². The first-order valence-electron chi connectivity index (χ1n) is 5.84. The summed E-state index contributed by atoms with van der Waals surface area (Å²) in [4.78, 5) is 0. The predicted octanol–water partition coefficient (Wildman–Crippen LogP) is -0.362. The van der Waals surface area contributed by atoms with Crippen molar-refractivity contribution in [3.63, 3.8) is 0 Å². The predicted molar refractivity (Wildman–Crippen MR) is 68.0 cm³/mol. The maximum atomic E-state index is 9.17. The van der Waals surface area contributed by atoms with E-state index in [1.165, 1.54) is 0 Å². The normalized spacial score (nSPS) is 11.8. The van der Waals surface area contributed by atoms with Crippen LogP contribution in [0.2, 0.25) is 0 Å². The van der Waals surface area contributed by atoms with Crippen molar-refractivity contribution >= 4 is 0 Å². The molecule has 0 aliphatic carbocycles. The number of methoxy groups -OCH3 is 1. The molecule has 102 valence electrons. The lowest BCUT2D eigenvalue weighted by Crippen LogP contribution is -2.54. The van der Waals surface area contributed by atoms with E-state index in [-0.39, 0.29) is 19.8 Å². The van der Waals surface area contributed by atoms with E-state index in [2.05, 4.69) is 5.32 Å². The summed E-state index contributed by atoms with van der Waals surface area (Å²) >= 11 is 0. The molecule has 1 aromatic rings. The Morgan fingerprint density at radius 2 is 1.50 bits per heavy atom. The van der Waals surface area contributed by atoms with Gasteiger partial charge < -0.3 is 25.4 Å². The smallest absolute Gasteiger partial charge is 0.0884 e. The van der Waals surface area contributed by atoms with Crippen molar-refractivity contribution in [2.75, 3.05) is 26.9 Å². The van der Waals surface area contributed by atoms with Crippen LogP contribution in [0.15, 0.2) is 24.3 Å². The third kappa shape index (κ3) is 4.04. The topological polar surface area (TPSA) is 82.0 Å². The van der Waals surface area contributed by atoms with Crippen LogP contribution in [0.3, 0.4) is 0 Å². The SMILES string of the molecule is COCc1ccc(CNC(CO)(CO)CO)cc1. The molecule has 0 amide bonds. The van der Waals surface area contributed by atoms with Gasteiger partial charge in [0.25, 0.3) is 0 Å². The van der Waals surface area contributed by atoms with E-state index >= 15 is 0 Å². The summed E-state index contributed by atoms with van der Waals surface area (Å²) in [5, 5.41) is 30.5. The highest BCUT2D eigenvalue weighted by molar-refractivity contribution is 5.22. The van der Waals surface area contributed by atoms with Crippen LogP contribution in [0.4, 0.5) is 0 Å². The van der Waals surface area contributed by atoms with Gasteiger partial charge in [-0.2, -0.15) is 0 Å². The molecule has 0 radical (unpaired) electrons. The summed E-state index contributed by atoms with van der Waals surface area (Å²) in [5.41, 5.74) is 1.05. The van der Waals surface area contributed by atoms with Crippen molar-refractivity contribution in [2.24, 2.45) is 0 Å². The van der Waals surface area contributed by atoms with Crippen molar-refractivity contribution < 1.29 is 20.1 Å². The summed E-state index contributed by atoms with van der Waals surface area (Å²) in [6.07, 6.45) is 0. The van der Waals surface area contributed by atoms with Gasteiger partial charge in [-0.25, -0.2) is 0 Å². The van der Waals surface area contributed by atoms with E-state index in [1.807, 2.05) is 24.3 Å². The summed E-state index contributed by atoms with van der Waals surface area (Å²) in [6.45, 7) is 0.0851. The molecule has 0 aromatic heterocycles. The van der Waals surface area contributed by atoms with Crippen LogP contribution in [0.25, 0.3) is 0 Å². The van der Waals surface area contributed by atoms with E-state index in [1.54, 1.807) is 7.11 Å². The van der Waals surface area contributed by atoms with E-state index in [9.17, 15) is 0 Å². The molecular weight excluding hydrogens is 234 g/mol. The third-order valence-electron chi connectivity index (χ3n) is 2.91. The maximum absolute atomic E-state index is 9.17. The maximum Gasteiger partial charge on any atom is 0.0884 e. The van der Waals surface area contributed by atoms with Crippen LogP contribution in [0, 0.1) is 0 Å². The van der Waals surface area contributed by atoms with E-state index in [0.717, 1.165) is 11.1 Å². The van der Waals surface area contributed by atoms with Gasteiger partial charge in [-0.1, -0.05) is 24.3 Å². The Morgan fingerprint density at radius 1 is 1.00 bits per heavy atom. The Morgan fingerprint density at radius 3 is 1.94 bits per heavy atom. The van der Waals surface area contributed by atoms with Gasteiger partial charge in [0.1, 0.15) is 0 Å². The molecule has 5 nitrogen and oxygen atoms in total. The second-order valence-electron chi connectivity index (χ2n) is 4.36. The second-order valence-corrected chi connectivity index (χ2v) is 4.36. The number of aliphatic hydroxyl groups is 3. The van der Waals surface area contributed by atoms with Gasteiger partial charge in [0.2, 0.25) is 0 Å². The Hall–Kier alpha value is -0.980. The zero-order chi connectivity index (χ0) is 13.4. The Bertz CT molecular complexity index is 327. The van der Waals surface area contributed by atoms with Gasteiger partial charge in [-0.3, -0.25) is 0 Å². The van der Waals surface area contributed by atoms with Crippen molar-refractivity contribution in [1.29, 1.82) is 0 Å². The molecular formula is C13H21NO4. The highest BCUT2D eigenvalue weighted by Crippen LogP contribution is 2.08. The summed E-state index contributed by atoms with van der Waals surface area (Å²) < 4.78 is 5.02. The fraction of sp³-hybridized carbons (Fsp3) is 0.538. The molecule has 0 heterocycles. The largest absolute Gasteiger partial charge is 0.394 e. The molecule has 0 saturated heterocycles. The van der Waals surface area contributed by atoms with Crippen LogP contribution in [0.1, 0.15) is 11.1 Å². The average molecular weight is 255 g/mol. The van der Waals surface area contributed by atoms with Gasteiger partial charge in [0.05, 0.1) is 32.0 Å². The van der Waals surface area contributed by atoms with E-state index in [0.29, 0.717) is 13.2 Å². The van der Waals surface area contributed by atoms with Crippen molar-refractivity contribution in [1.82, 2.24) is 5.32 Å². The highest BCUT2D eigenvalue weighted by atomic mass is 16.5. The van der Waals surface area contributed by atoms with Crippen molar-refractivity contribution in [3.8, 4) is 0 Å². The standard InChI is InChI=1S/C13H21NO4/c1-18-7-12-4-2-11(3-5-12)6-14-13(8-15,9-16)10-17/h2-5,14-17H,6-10H2,1H3. The summed E-state index contributed by atoms with van der Waals surface area (Å²) in [7, 11) is 1.65. The summed E-state index contributed by atoms with van der Waals surface area (Å²) in [5.74, 6) is 0. The Labute approximate surface area is 107 Å². The van der Waals surface area contributed by atoms with Crippen LogP contribution >= 0.6 is 0 Å². The lowest BCUT2D eigenvalue weighted by atomic mass is 10.0. The molecule has 0 saturated carbocycles. The number of benzene rings is 1. The first kappa shape index (κ1) is 15.1. The molecule has 0 bridgehead atoms. The zero-order valence-corrected chi connectivity index (χ0v) is 10.6. The van der Waals surface area contributed by atoms with Gasteiger partial charge >= 0.3 is 0 Å². The highest BCUT2D eigenvalue weighted by Gasteiger charge is 2.26. The first-order chi connectivity index (χ1) is 8.69.